The van der Waals surface area contributed by atoms with Crippen molar-refractivity contribution in [1.82, 2.24) is 4.90 Å². The first-order valence-corrected chi connectivity index (χ1v) is 6.18. The predicted octanol–water partition coefficient (Wildman–Crippen LogP) is 2.77. The van der Waals surface area contributed by atoms with Crippen LogP contribution in [0.4, 0.5) is 0 Å². The molecule has 0 spiro atoms. The van der Waals surface area contributed by atoms with Gasteiger partial charge in [0.2, 0.25) is 0 Å². The fraction of sp³-hybridized carbons (Fsp3) is 0.571. The smallest absolute Gasteiger partial charge is 0.00536 e. The van der Waals surface area contributed by atoms with Crippen LogP contribution < -0.4 is 0 Å². The van der Waals surface area contributed by atoms with E-state index in [0.717, 1.165) is 11.8 Å². The van der Waals surface area contributed by atoms with E-state index in [2.05, 4.69) is 36.1 Å². The van der Waals surface area contributed by atoms with Gasteiger partial charge in [-0.3, -0.25) is 0 Å². The number of rotatable bonds is 1. The van der Waals surface area contributed by atoms with Gasteiger partial charge in [-0.2, -0.15) is 0 Å². The molecule has 3 aliphatic rings. The van der Waals surface area contributed by atoms with Gasteiger partial charge in [-0.05, 0) is 30.9 Å². The summed E-state index contributed by atoms with van der Waals surface area (Å²) < 4.78 is 0. The fourth-order valence-electron chi connectivity index (χ4n) is 3.23. The molecule has 2 aliphatic carbocycles. The normalized spacial score (nSPS) is 34.5. The van der Waals surface area contributed by atoms with Crippen molar-refractivity contribution in [3.8, 4) is 0 Å². The summed E-state index contributed by atoms with van der Waals surface area (Å²) in [5, 5.41) is 0. The molecule has 15 heavy (non-hydrogen) atoms. The fourth-order valence-corrected chi connectivity index (χ4v) is 3.23. The molecule has 1 saturated heterocycles. The second kappa shape index (κ2) is 3.64. The molecule has 1 fully saturated rings. The summed E-state index contributed by atoms with van der Waals surface area (Å²) >= 11 is 0. The molecule has 2 atom stereocenters. The van der Waals surface area contributed by atoms with E-state index in [-0.39, 0.29) is 0 Å². The van der Waals surface area contributed by atoms with Crippen molar-refractivity contribution in [3.05, 3.63) is 35.5 Å². The Morgan fingerprint density at radius 2 is 2.27 bits per heavy atom. The zero-order chi connectivity index (χ0) is 10.3. The summed E-state index contributed by atoms with van der Waals surface area (Å²) in [5.41, 5.74) is 3.25. The van der Waals surface area contributed by atoms with E-state index in [1.165, 1.54) is 38.0 Å². The summed E-state index contributed by atoms with van der Waals surface area (Å²) in [6.45, 7) is 6.05. The van der Waals surface area contributed by atoms with Crippen LogP contribution in [0, 0.1) is 11.8 Å². The van der Waals surface area contributed by atoms with Gasteiger partial charge < -0.3 is 4.90 Å². The molecule has 0 amide bonds. The van der Waals surface area contributed by atoms with Crippen molar-refractivity contribution in [2.45, 2.75) is 19.8 Å². The first-order chi connectivity index (χ1) is 7.38. The van der Waals surface area contributed by atoms with Gasteiger partial charge in [0.15, 0.2) is 0 Å². The van der Waals surface area contributed by atoms with Gasteiger partial charge in [0.05, 0.1) is 0 Å². The highest BCUT2D eigenvalue weighted by Crippen LogP contribution is 2.39. The molecular formula is C14H19N. The molecule has 1 heteroatoms. The average molecular weight is 201 g/mol. The van der Waals surface area contributed by atoms with Crippen molar-refractivity contribution < 1.29 is 0 Å². The highest BCUT2D eigenvalue weighted by Gasteiger charge is 2.35. The predicted molar refractivity (Wildman–Crippen MR) is 63.6 cm³/mol. The van der Waals surface area contributed by atoms with E-state index >= 15 is 0 Å². The first kappa shape index (κ1) is 9.41. The number of hydrogen-bond donors (Lipinski definition) is 0. The summed E-state index contributed by atoms with van der Waals surface area (Å²) in [6.07, 6.45) is 12.0. The molecule has 0 radical (unpaired) electrons. The number of nitrogens with zero attached hydrogens (tertiary/aromatic N) is 1. The molecule has 1 nitrogen and oxygen atoms in total. The van der Waals surface area contributed by atoms with Gasteiger partial charge in [-0.15, -0.1) is 0 Å². The highest BCUT2D eigenvalue weighted by atomic mass is 15.1. The zero-order valence-corrected chi connectivity index (χ0v) is 9.45. The van der Waals surface area contributed by atoms with E-state index in [9.17, 15) is 0 Å². The third-order valence-corrected chi connectivity index (χ3v) is 4.11. The SMILES string of the molecule is CCN1CC2C=CC3=C(CCC=C3)C2C1. The number of likely N-dealkylation sites (tertiary alicyclic amines) is 1. The Labute approximate surface area is 92.2 Å². The Morgan fingerprint density at radius 1 is 1.33 bits per heavy atom. The summed E-state index contributed by atoms with van der Waals surface area (Å²) in [7, 11) is 0. The maximum Gasteiger partial charge on any atom is 0.00536 e. The molecule has 0 saturated carbocycles. The molecule has 0 aromatic heterocycles. The molecule has 3 rings (SSSR count). The average Bonchev–Trinajstić information content (AvgIpc) is 2.72. The van der Waals surface area contributed by atoms with Gasteiger partial charge in [0.1, 0.15) is 0 Å². The van der Waals surface area contributed by atoms with Crippen LogP contribution in [-0.4, -0.2) is 24.5 Å². The van der Waals surface area contributed by atoms with E-state index in [0.29, 0.717) is 0 Å². The van der Waals surface area contributed by atoms with Crippen molar-refractivity contribution in [1.29, 1.82) is 0 Å². The minimum absolute atomic E-state index is 0.801. The van der Waals surface area contributed by atoms with E-state index in [4.69, 9.17) is 0 Å². The van der Waals surface area contributed by atoms with Crippen LogP contribution in [0.2, 0.25) is 0 Å². The minimum Gasteiger partial charge on any atom is -0.302 e. The van der Waals surface area contributed by atoms with Gasteiger partial charge in [-0.25, -0.2) is 0 Å². The van der Waals surface area contributed by atoms with Gasteiger partial charge in [0.25, 0.3) is 0 Å². The van der Waals surface area contributed by atoms with Crippen LogP contribution in [0.25, 0.3) is 0 Å². The summed E-state index contributed by atoms with van der Waals surface area (Å²) in [5.74, 6) is 1.63. The summed E-state index contributed by atoms with van der Waals surface area (Å²) in [6, 6.07) is 0. The van der Waals surface area contributed by atoms with Crippen molar-refractivity contribution in [2.75, 3.05) is 19.6 Å². The lowest BCUT2D eigenvalue weighted by atomic mass is 9.78. The lowest BCUT2D eigenvalue weighted by Crippen LogP contribution is -2.20. The third kappa shape index (κ3) is 1.50. The van der Waals surface area contributed by atoms with E-state index in [1.54, 1.807) is 5.57 Å². The standard InChI is InChI=1S/C14H19N/c1-2-15-9-12-8-7-11-5-3-4-6-13(11)14(12)10-15/h3,5,7-8,12,14H,2,4,6,9-10H2,1H3. The van der Waals surface area contributed by atoms with Crippen LogP contribution in [0.15, 0.2) is 35.5 Å². The molecule has 1 aliphatic heterocycles. The number of allylic oxidation sites excluding steroid dienone is 4. The lowest BCUT2D eigenvalue weighted by molar-refractivity contribution is 0.345. The molecular weight excluding hydrogens is 182 g/mol. The Hall–Kier alpha value is -0.820. The zero-order valence-electron chi connectivity index (χ0n) is 9.45. The lowest BCUT2D eigenvalue weighted by Gasteiger charge is -2.27. The third-order valence-electron chi connectivity index (χ3n) is 4.11. The Kier molecular flexibility index (Phi) is 2.28. The molecule has 0 N–H and O–H groups in total. The Morgan fingerprint density at radius 3 is 3.13 bits per heavy atom. The minimum atomic E-state index is 0.801. The molecule has 1 heterocycles. The van der Waals surface area contributed by atoms with Crippen molar-refractivity contribution in [3.63, 3.8) is 0 Å². The molecule has 2 unspecified atom stereocenters. The van der Waals surface area contributed by atoms with Crippen molar-refractivity contribution >= 4 is 0 Å². The van der Waals surface area contributed by atoms with Crippen LogP contribution >= 0.6 is 0 Å². The highest BCUT2D eigenvalue weighted by molar-refractivity contribution is 5.43. The molecule has 80 valence electrons. The van der Waals surface area contributed by atoms with Crippen LogP contribution in [-0.2, 0) is 0 Å². The van der Waals surface area contributed by atoms with Crippen LogP contribution in [0.5, 0.6) is 0 Å². The number of fused-ring (bicyclic) bond motifs is 2. The first-order valence-electron chi connectivity index (χ1n) is 6.18. The largest absolute Gasteiger partial charge is 0.302 e. The molecule has 0 aromatic rings. The van der Waals surface area contributed by atoms with Crippen LogP contribution in [0.1, 0.15) is 19.8 Å². The van der Waals surface area contributed by atoms with Gasteiger partial charge in [-0.1, -0.05) is 36.8 Å². The molecule has 0 aromatic carbocycles. The van der Waals surface area contributed by atoms with Crippen molar-refractivity contribution in [2.24, 2.45) is 11.8 Å². The topological polar surface area (TPSA) is 3.24 Å². The van der Waals surface area contributed by atoms with E-state index < -0.39 is 0 Å². The second-order valence-electron chi connectivity index (χ2n) is 4.90. The van der Waals surface area contributed by atoms with Gasteiger partial charge >= 0.3 is 0 Å². The Balaban J connectivity index is 1.90. The number of hydrogen-bond acceptors (Lipinski definition) is 1. The maximum atomic E-state index is 2.59. The summed E-state index contributed by atoms with van der Waals surface area (Å²) in [4.78, 5) is 2.59. The monoisotopic (exact) mass is 201 g/mol. The quantitative estimate of drug-likeness (QED) is 0.630. The Bertz CT molecular complexity index is 348. The molecule has 0 bridgehead atoms. The second-order valence-corrected chi connectivity index (χ2v) is 4.90. The van der Waals surface area contributed by atoms with E-state index in [1.807, 2.05) is 0 Å². The van der Waals surface area contributed by atoms with Gasteiger partial charge in [0, 0.05) is 19.0 Å². The van der Waals surface area contributed by atoms with Crippen LogP contribution in [0.3, 0.4) is 0 Å². The maximum absolute atomic E-state index is 2.59.